The lowest BCUT2D eigenvalue weighted by molar-refractivity contribution is -0.149. The van der Waals surface area contributed by atoms with E-state index in [0.29, 0.717) is 5.75 Å². The summed E-state index contributed by atoms with van der Waals surface area (Å²) in [4.78, 5) is 26.3. The fraction of sp³-hybridized carbons (Fsp3) is 0.391. The molecule has 0 radical (unpaired) electrons. The van der Waals surface area contributed by atoms with Crippen molar-refractivity contribution in [2.75, 3.05) is 36.5 Å². The van der Waals surface area contributed by atoms with Crippen LogP contribution in [-0.4, -0.2) is 38.2 Å². The number of esters is 1. The van der Waals surface area contributed by atoms with Gasteiger partial charge in [0.1, 0.15) is 5.75 Å². The van der Waals surface area contributed by atoms with Crippen molar-refractivity contribution >= 4 is 23.3 Å². The molecule has 0 aliphatic carbocycles. The molecule has 1 aliphatic heterocycles. The Labute approximate surface area is 171 Å². The maximum Gasteiger partial charge on any atom is 0.344 e. The van der Waals surface area contributed by atoms with Gasteiger partial charge in [-0.15, -0.1) is 0 Å². The first kappa shape index (κ1) is 20.7. The number of nitrogens with one attached hydrogen (secondary N) is 1. The SMILES string of the molecule is Cc1ccc(OCC(=O)OCC(=O)Nc2ccc(N3CCCC3)cc2C)cc1C. The lowest BCUT2D eigenvalue weighted by atomic mass is 10.1. The van der Waals surface area contributed by atoms with Gasteiger partial charge in [0, 0.05) is 24.5 Å². The minimum atomic E-state index is -0.584. The number of anilines is 2. The first-order valence-electron chi connectivity index (χ1n) is 9.93. The predicted octanol–water partition coefficient (Wildman–Crippen LogP) is 3.77. The fourth-order valence-electron chi connectivity index (χ4n) is 3.28. The van der Waals surface area contributed by atoms with E-state index in [9.17, 15) is 9.59 Å². The molecule has 6 heteroatoms. The summed E-state index contributed by atoms with van der Waals surface area (Å²) in [7, 11) is 0. The van der Waals surface area contributed by atoms with Crippen LogP contribution in [0.5, 0.6) is 5.75 Å². The highest BCUT2D eigenvalue weighted by Crippen LogP contribution is 2.25. The Morgan fingerprint density at radius 2 is 1.69 bits per heavy atom. The average Bonchev–Trinajstić information content (AvgIpc) is 3.23. The zero-order valence-electron chi connectivity index (χ0n) is 17.3. The number of benzene rings is 2. The number of carbonyl (C=O) groups excluding carboxylic acids is 2. The van der Waals surface area contributed by atoms with Gasteiger partial charge in [-0.1, -0.05) is 6.07 Å². The molecule has 0 atom stereocenters. The smallest absolute Gasteiger partial charge is 0.344 e. The molecule has 1 saturated heterocycles. The average molecular weight is 396 g/mol. The van der Waals surface area contributed by atoms with E-state index in [1.807, 2.05) is 45.0 Å². The second-order valence-electron chi connectivity index (χ2n) is 7.44. The molecule has 6 nitrogen and oxygen atoms in total. The summed E-state index contributed by atoms with van der Waals surface area (Å²) in [5.41, 5.74) is 5.11. The minimum absolute atomic E-state index is 0.237. The van der Waals surface area contributed by atoms with E-state index >= 15 is 0 Å². The van der Waals surface area contributed by atoms with Crippen molar-refractivity contribution in [3.05, 3.63) is 53.1 Å². The number of hydrogen-bond donors (Lipinski definition) is 1. The number of rotatable bonds is 7. The molecular weight excluding hydrogens is 368 g/mol. The summed E-state index contributed by atoms with van der Waals surface area (Å²) >= 11 is 0. The number of hydrogen-bond acceptors (Lipinski definition) is 5. The van der Waals surface area contributed by atoms with Crippen LogP contribution in [-0.2, 0) is 14.3 Å². The van der Waals surface area contributed by atoms with E-state index in [1.165, 1.54) is 18.5 Å². The molecule has 0 unspecified atom stereocenters. The van der Waals surface area contributed by atoms with E-state index in [-0.39, 0.29) is 19.1 Å². The van der Waals surface area contributed by atoms with Gasteiger partial charge in [-0.25, -0.2) is 4.79 Å². The van der Waals surface area contributed by atoms with Crippen LogP contribution in [0.25, 0.3) is 0 Å². The van der Waals surface area contributed by atoms with Gasteiger partial charge >= 0.3 is 5.97 Å². The van der Waals surface area contributed by atoms with Crippen molar-refractivity contribution in [2.24, 2.45) is 0 Å². The van der Waals surface area contributed by atoms with Crippen molar-refractivity contribution in [1.82, 2.24) is 0 Å². The quantitative estimate of drug-likeness (QED) is 0.722. The molecule has 0 saturated carbocycles. The number of ether oxygens (including phenoxy) is 2. The Balaban J connectivity index is 1.44. The standard InChI is InChI=1S/C23H28N2O4/c1-16-6-8-20(13-17(16)2)28-15-23(27)29-14-22(26)24-21-9-7-19(12-18(21)3)25-10-4-5-11-25/h6-9,12-13H,4-5,10-11,14-15H2,1-3H3,(H,24,26). The van der Waals surface area contributed by atoms with Gasteiger partial charge in [-0.05, 0) is 80.6 Å². The maximum absolute atomic E-state index is 12.1. The Morgan fingerprint density at radius 3 is 2.38 bits per heavy atom. The van der Waals surface area contributed by atoms with Crippen LogP contribution < -0.4 is 15.0 Å². The molecular formula is C23H28N2O4. The molecule has 1 fully saturated rings. The minimum Gasteiger partial charge on any atom is -0.482 e. The van der Waals surface area contributed by atoms with Crippen LogP contribution in [0.1, 0.15) is 29.5 Å². The van der Waals surface area contributed by atoms with E-state index in [0.717, 1.165) is 35.5 Å². The topological polar surface area (TPSA) is 67.9 Å². The third-order valence-electron chi connectivity index (χ3n) is 5.15. The van der Waals surface area contributed by atoms with Crippen LogP contribution in [0.2, 0.25) is 0 Å². The molecule has 3 rings (SSSR count). The number of amides is 1. The number of aryl methyl sites for hydroxylation is 3. The molecule has 1 N–H and O–H groups in total. The van der Waals surface area contributed by atoms with Crippen LogP contribution in [0.3, 0.4) is 0 Å². The molecule has 2 aromatic carbocycles. The summed E-state index contributed by atoms with van der Waals surface area (Å²) in [5, 5.41) is 2.80. The second-order valence-corrected chi connectivity index (χ2v) is 7.44. The van der Waals surface area contributed by atoms with Gasteiger partial charge in [-0.2, -0.15) is 0 Å². The zero-order chi connectivity index (χ0) is 20.8. The Hall–Kier alpha value is -3.02. The summed E-state index contributed by atoms with van der Waals surface area (Å²) in [6, 6.07) is 11.6. The third kappa shape index (κ3) is 5.73. The van der Waals surface area contributed by atoms with Gasteiger partial charge in [0.15, 0.2) is 13.2 Å². The van der Waals surface area contributed by atoms with Crippen molar-refractivity contribution in [3.8, 4) is 5.75 Å². The summed E-state index contributed by atoms with van der Waals surface area (Å²) < 4.78 is 10.4. The van der Waals surface area contributed by atoms with E-state index in [4.69, 9.17) is 9.47 Å². The van der Waals surface area contributed by atoms with Gasteiger partial charge in [0.05, 0.1) is 0 Å². The van der Waals surface area contributed by atoms with Crippen LogP contribution >= 0.6 is 0 Å². The van der Waals surface area contributed by atoms with Crippen LogP contribution in [0.15, 0.2) is 36.4 Å². The molecule has 2 aromatic rings. The largest absolute Gasteiger partial charge is 0.482 e. The van der Waals surface area contributed by atoms with Gasteiger partial charge in [0.25, 0.3) is 5.91 Å². The van der Waals surface area contributed by atoms with E-state index in [2.05, 4.69) is 16.3 Å². The molecule has 1 heterocycles. The normalized spacial score (nSPS) is 13.3. The number of nitrogens with zero attached hydrogens (tertiary/aromatic N) is 1. The van der Waals surface area contributed by atoms with Crippen molar-refractivity contribution in [1.29, 1.82) is 0 Å². The lowest BCUT2D eigenvalue weighted by Crippen LogP contribution is -2.24. The molecule has 29 heavy (non-hydrogen) atoms. The van der Waals surface area contributed by atoms with Gasteiger partial charge in [-0.3, -0.25) is 4.79 Å². The molecule has 1 aliphatic rings. The predicted molar refractivity (Wildman–Crippen MR) is 114 cm³/mol. The van der Waals surface area contributed by atoms with Crippen molar-refractivity contribution < 1.29 is 19.1 Å². The van der Waals surface area contributed by atoms with Crippen molar-refractivity contribution in [2.45, 2.75) is 33.6 Å². The van der Waals surface area contributed by atoms with Crippen LogP contribution in [0, 0.1) is 20.8 Å². The highest BCUT2D eigenvalue weighted by atomic mass is 16.6. The van der Waals surface area contributed by atoms with Crippen molar-refractivity contribution in [3.63, 3.8) is 0 Å². The van der Waals surface area contributed by atoms with Gasteiger partial charge in [0.2, 0.25) is 0 Å². The highest BCUT2D eigenvalue weighted by molar-refractivity contribution is 5.93. The first-order chi connectivity index (χ1) is 13.9. The second kappa shape index (κ2) is 9.45. The van der Waals surface area contributed by atoms with E-state index < -0.39 is 5.97 Å². The third-order valence-corrected chi connectivity index (χ3v) is 5.15. The highest BCUT2D eigenvalue weighted by Gasteiger charge is 2.14. The molecule has 0 bridgehead atoms. The zero-order valence-corrected chi connectivity index (χ0v) is 17.3. The monoisotopic (exact) mass is 396 g/mol. The lowest BCUT2D eigenvalue weighted by Gasteiger charge is -2.19. The van der Waals surface area contributed by atoms with Crippen LogP contribution in [0.4, 0.5) is 11.4 Å². The Bertz CT molecular complexity index is 888. The molecule has 0 spiro atoms. The summed E-state index contributed by atoms with van der Waals surface area (Å²) in [6.07, 6.45) is 2.44. The summed E-state index contributed by atoms with van der Waals surface area (Å²) in [5.74, 6) is -0.357. The Morgan fingerprint density at radius 1 is 0.931 bits per heavy atom. The summed E-state index contributed by atoms with van der Waals surface area (Å²) in [6.45, 7) is 7.51. The van der Waals surface area contributed by atoms with Gasteiger partial charge < -0.3 is 19.7 Å². The molecule has 154 valence electrons. The Kier molecular flexibility index (Phi) is 6.75. The fourth-order valence-corrected chi connectivity index (χ4v) is 3.28. The molecule has 0 aromatic heterocycles. The molecule has 1 amide bonds. The maximum atomic E-state index is 12.1. The number of carbonyl (C=O) groups is 2. The van der Waals surface area contributed by atoms with E-state index in [1.54, 1.807) is 6.07 Å². The first-order valence-corrected chi connectivity index (χ1v) is 9.93.